The van der Waals surface area contributed by atoms with Crippen molar-refractivity contribution in [1.29, 1.82) is 0 Å². The largest absolute Gasteiger partial charge is 0.414 e. The monoisotopic (exact) mass is 468 g/mol. The number of halogens is 2. The maximum Gasteiger partial charge on any atom is 0.270 e. The van der Waals surface area contributed by atoms with Crippen molar-refractivity contribution in [2.24, 2.45) is 5.73 Å². The SMILES string of the molecule is CC(C)Sc1ccc(-c2cnc(N)c(-c3nnc(-c4ccc(C(N)C(F)F)cc4)o3)n2)cc1. The maximum absolute atomic E-state index is 12.8. The van der Waals surface area contributed by atoms with Gasteiger partial charge in [0.25, 0.3) is 12.3 Å². The van der Waals surface area contributed by atoms with Crippen molar-refractivity contribution >= 4 is 17.6 Å². The number of thioether (sulfide) groups is 1. The summed E-state index contributed by atoms with van der Waals surface area (Å²) in [4.78, 5) is 9.97. The van der Waals surface area contributed by atoms with Crippen molar-refractivity contribution in [1.82, 2.24) is 20.2 Å². The molecule has 0 amide bonds. The first-order valence-corrected chi connectivity index (χ1v) is 11.1. The van der Waals surface area contributed by atoms with Crippen LogP contribution in [-0.4, -0.2) is 31.8 Å². The number of nitrogen functional groups attached to an aromatic ring is 1. The Hall–Kier alpha value is -3.37. The molecule has 2 heterocycles. The van der Waals surface area contributed by atoms with Crippen molar-refractivity contribution in [3.63, 3.8) is 0 Å². The van der Waals surface area contributed by atoms with Crippen LogP contribution in [0.25, 0.3) is 34.3 Å². The van der Waals surface area contributed by atoms with Crippen molar-refractivity contribution in [2.75, 3.05) is 5.73 Å². The second-order valence-corrected chi connectivity index (χ2v) is 9.22. The van der Waals surface area contributed by atoms with Crippen LogP contribution in [0.5, 0.6) is 0 Å². The lowest BCUT2D eigenvalue weighted by Crippen LogP contribution is -2.18. The molecule has 0 aliphatic heterocycles. The Morgan fingerprint density at radius 2 is 1.55 bits per heavy atom. The Morgan fingerprint density at radius 1 is 0.909 bits per heavy atom. The van der Waals surface area contributed by atoms with Crippen molar-refractivity contribution in [3.05, 3.63) is 60.3 Å². The molecule has 1 unspecified atom stereocenters. The molecule has 7 nitrogen and oxygen atoms in total. The van der Waals surface area contributed by atoms with E-state index in [0.29, 0.717) is 22.1 Å². The lowest BCUT2D eigenvalue weighted by atomic mass is 10.1. The highest BCUT2D eigenvalue weighted by Gasteiger charge is 2.19. The van der Waals surface area contributed by atoms with Gasteiger partial charge >= 0.3 is 0 Å². The fourth-order valence-electron chi connectivity index (χ4n) is 3.10. The standard InChI is InChI=1S/C23H22F2N6OS/c1-12(2)33-16-9-7-13(8-10-16)17-11-28-21(27)19(29-17)23-31-30-22(32-23)15-5-3-14(4-6-15)18(26)20(24)25/h3-12,18,20H,26H2,1-2H3,(H2,27,28). The molecule has 170 valence electrons. The van der Waals surface area contributed by atoms with E-state index in [1.807, 2.05) is 24.3 Å². The van der Waals surface area contributed by atoms with Gasteiger partial charge in [0.05, 0.1) is 17.9 Å². The Morgan fingerprint density at radius 3 is 2.18 bits per heavy atom. The third-order valence-electron chi connectivity index (χ3n) is 4.76. The van der Waals surface area contributed by atoms with E-state index in [1.54, 1.807) is 30.1 Å². The van der Waals surface area contributed by atoms with Crippen LogP contribution < -0.4 is 11.5 Å². The van der Waals surface area contributed by atoms with Crippen LogP contribution in [0.2, 0.25) is 0 Å². The van der Waals surface area contributed by atoms with Crippen LogP contribution in [-0.2, 0) is 0 Å². The number of nitrogens with two attached hydrogens (primary N) is 2. The molecule has 0 bridgehead atoms. The summed E-state index contributed by atoms with van der Waals surface area (Å²) < 4.78 is 31.4. The molecule has 4 N–H and O–H groups in total. The van der Waals surface area contributed by atoms with Gasteiger partial charge in [-0.1, -0.05) is 38.1 Å². The van der Waals surface area contributed by atoms with Gasteiger partial charge in [-0.2, -0.15) is 0 Å². The first kappa shape index (κ1) is 22.8. The number of rotatable bonds is 7. The number of hydrogen-bond donors (Lipinski definition) is 2. The summed E-state index contributed by atoms with van der Waals surface area (Å²) in [5.74, 6) is 0.459. The minimum Gasteiger partial charge on any atom is -0.414 e. The summed E-state index contributed by atoms with van der Waals surface area (Å²) in [6.45, 7) is 4.28. The van der Waals surface area contributed by atoms with E-state index in [2.05, 4.69) is 34.0 Å². The fourth-order valence-corrected chi connectivity index (χ4v) is 3.94. The zero-order valence-electron chi connectivity index (χ0n) is 17.9. The smallest absolute Gasteiger partial charge is 0.270 e. The predicted molar refractivity (Wildman–Crippen MR) is 125 cm³/mol. The molecule has 33 heavy (non-hydrogen) atoms. The van der Waals surface area contributed by atoms with Crippen molar-refractivity contribution in [3.8, 4) is 34.3 Å². The average Bonchev–Trinajstić information content (AvgIpc) is 3.29. The van der Waals surface area contributed by atoms with Crippen LogP contribution in [0, 0.1) is 0 Å². The molecule has 0 saturated heterocycles. The first-order valence-electron chi connectivity index (χ1n) is 10.2. The molecule has 2 aromatic heterocycles. The molecule has 0 radical (unpaired) electrons. The summed E-state index contributed by atoms with van der Waals surface area (Å²) >= 11 is 1.78. The Bertz CT molecular complexity index is 1230. The summed E-state index contributed by atoms with van der Waals surface area (Å²) in [7, 11) is 0. The van der Waals surface area contributed by atoms with Crippen LogP contribution in [0.1, 0.15) is 25.5 Å². The highest BCUT2D eigenvalue weighted by molar-refractivity contribution is 7.99. The normalized spacial score (nSPS) is 12.5. The van der Waals surface area contributed by atoms with Gasteiger partial charge in [-0.25, -0.2) is 18.7 Å². The number of hydrogen-bond acceptors (Lipinski definition) is 8. The highest BCUT2D eigenvalue weighted by atomic mass is 32.2. The van der Waals surface area contributed by atoms with E-state index in [1.165, 1.54) is 17.0 Å². The van der Waals surface area contributed by atoms with Crippen LogP contribution in [0.3, 0.4) is 0 Å². The highest BCUT2D eigenvalue weighted by Crippen LogP contribution is 2.30. The maximum atomic E-state index is 12.8. The van der Waals surface area contributed by atoms with Gasteiger partial charge in [0, 0.05) is 21.3 Å². The van der Waals surface area contributed by atoms with Crippen LogP contribution in [0.4, 0.5) is 14.6 Å². The van der Waals surface area contributed by atoms with E-state index in [0.717, 1.165) is 5.56 Å². The minimum absolute atomic E-state index is 0.109. The van der Waals surface area contributed by atoms with E-state index >= 15 is 0 Å². The van der Waals surface area contributed by atoms with Gasteiger partial charge in [-0.3, -0.25) is 0 Å². The summed E-state index contributed by atoms with van der Waals surface area (Å²) in [6.07, 6.45) is -1.06. The molecule has 0 fully saturated rings. The van der Waals surface area contributed by atoms with Gasteiger partial charge in [0.2, 0.25) is 5.89 Å². The third-order valence-corrected chi connectivity index (χ3v) is 5.78. The summed E-state index contributed by atoms with van der Waals surface area (Å²) in [5.41, 5.74) is 14.1. The number of nitrogens with zero attached hydrogens (tertiary/aromatic N) is 4. The van der Waals surface area contributed by atoms with E-state index in [-0.39, 0.29) is 23.3 Å². The van der Waals surface area contributed by atoms with Gasteiger partial charge in [-0.05, 0) is 29.8 Å². The van der Waals surface area contributed by atoms with E-state index in [9.17, 15) is 8.78 Å². The molecule has 0 aliphatic rings. The number of anilines is 1. The van der Waals surface area contributed by atoms with E-state index in [4.69, 9.17) is 15.9 Å². The quantitative estimate of drug-likeness (QED) is 0.355. The Kier molecular flexibility index (Phi) is 6.66. The lowest BCUT2D eigenvalue weighted by Gasteiger charge is -2.10. The van der Waals surface area contributed by atoms with E-state index < -0.39 is 12.5 Å². The number of benzene rings is 2. The molecule has 0 aliphatic carbocycles. The van der Waals surface area contributed by atoms with Gasteiger partial charge in [-0.15, -0.1) is 22.0 Å². The predicted octanol–water partition coefficient (Wildman–Crippen LogP) is 5.21. The third kappa shape index (κ3) is 5.18. The molecular formula is C23H22F2N6OS. The van der Waals surface area contributed by atoms with Gasteiger partial charge in [0.1, 0.15) is 0 Å². The molecule has 2 aromatic carbocycles. The summed E-state index contributed by atoms with van der Waals surface area (Å²) in [6, 6.07) is 12.9. The van der Waals surface area contributed by atoms with Crippen molar-refractivity contribution < 1.29 is 13.2 Å². The first-order chi connectivity index (χ1) is 15.8. The van der Waals surface area contributed by atoms with Crippen molar-refractivity contribution in [2.45, 2.75) is 36.5 Å². The second-order valence-electron chi connectivity index (χ2n) is 7.57. The van der Waals surface area contributed by atoms with Gasteiger partial charge in [0.15, 0.2) is 11.5 Å². The lowest BCUT2D eigenvalue weighted by molar-refractivity contribution is 0.116. The molecule has 4 rings (SSSR count). The Labute approximate surface area is 193 Å². The molecule has 0 saturated carbocycles. The number of alkyl halides is 2. The molecule has 0 spiro atoms. The topological polar surface area (TPSA) is 117 Å². The second kappa shape index (κ2) is 9.63. The molecule has 1 atom stereocenters. The Balaban J connectivity index is 1.59. The minimum atomic E-state index is -2.65. The van der Waals surface area contributed by atoms with Crippen LogP contribution >= 0.6 is 11.8 Å². The molecule has 4 aromatic rings. The zero-order valence-corrected chi connectivity index (χ0v) is 18.8. The van der Waals surface area contributed by atoms with Gasteiger partial charge < -0.3 is 15.9 Å². The fraction of sp³-hybridized carbons (Fsp3) is 0.217. The zero-order chi connectivity index (χ0) is 23.5. The molecular weight excluding hydrogens is 446 g/mol. The van der Waals surface area contributed by atoms with Crippen LogP contribution in [0.15, 0.2) is 64.0 Å². The number of aromatic nitrogens is 4. The summed E-state index contributed by atoms with van der Waals surface area (Å²) in [5, 5.41) is 8.57. The molecule has 10 heteroatoms. The average molecular weight is 469 g/mol.